The van der Waals surface area contributed by atoms with E-state index in [0.717, 1.165) is 5.69 Å². The lowest BCUT2D eigenvalue weighted by Gasteiger charge is -2.01. The molecule has 0 aliphatic rings. The molecule has 5 nitrogen and oxygen atoms in total. The molecule has 2 rings (SSSR count). The normalized spacial score (nSPS) is 11.6. The number of hydrogen-bond acceptors (Lipinski definition) is 4. The van der Waals surface area contributed by atoms with E-state index < -0.39 is 0 Å². The summed E-state index contributed by atoms with van der Waals surface area (Å²) in [5.41, 5.74) is 4.27. The van der Waals surface area contributed by atoms with Gasteiger partial charge in [0.25, 0.3) is 0 Å². The van der Waals surface area contributed by atoms with E-state index in [1.807, 2.05) is 60.7 Å². The molecule has 2 aromatic carbocycles. The number of benzene rings is 2. The summed E-state index contributed by atoms with van der Waals surface area (Å²) in [6.45, 7) is 1.76. The van der Waals surface area contributed by atoms with Crippen LogP contribution in [0.1, 0.15) is 13.3 Å². The average Bonchev–Trinajstić information content (AvgIpc) is 2.56. The van der Waals surface area contributed by atoms with Gasteiger partial charge in [-0.05, 0) is 24.3 Å². The third-order valence-corrected chi connectivity index (χ3v) is 2.65. The Bertz CT molecular complexity index is 636. The maximum absolute atomic E-state index is 11.8. The molecule has 1 N–H and O–H groups in total. The van der Waals surface area contributed by atoms with E-state index in [1.165, 1.54) is 0 Å². The third kappa shape index (κ3) is 4.65. The molecule has 21 heavy (non-hydrogen) atoms. The second-order valence-corrected chi connectivity index (χ2v) is 4.23. The Balaban J connectivity index is 2.15. The summed E-state index contributed by atoms with van der Waals surface area (Å²) in [5, 5.41) is 12.0. The molecule has 0 radical (unpaired) electrons. The van der Waals surface area contributed by atoms with Crippen LogP contribution in [0.3, 0.4) is 0 Å². The van der Waals surface area contributed by atoms with Gasteiger partial charge in [0.1, 0.15) is 0 Å². The maximum atomic E-state index is 11.8. The van der Waals surface area contributed by atoms with Crippen LogP contribution in [0.2, 0.25) is 0 Å². The minimum absolute atomic E-state index is 0.0604. The molecule has 0 unspecified atom stereocenters. The highest BCUT2D eigenvalue weighted by Gasteiger charge is 2.08. The van der Waals surface area contributed by atoms with Crippen molar-refractivity contribution in [2.24, 2.45) is 15.3 Å². The Morgan fingerprint density at radius 2 is 1.62 bits per heavy atom. The molecule has 0 atom stereocenters. The minimum atomic E-state index is -0.168. The summed E-state index contributed by atoms with van der Waals surface area (Å²) in [6, 6.07) is 18.6. The van der Waals surface area contributed by atoms with Crippen LogP contribution in [-0.4, -0.2) is 11.6 Å². The van der Waals surface area contributed by atoms with Crippen LogP contribution in [0.25, 0.3) is 0 Å². The minimum Gasteiger partial charge on any atom is -0.291 e. The number of hydrazone groups is 1. The van der Waals surface area contributed by atoms with Crippen molar-refractivity contribution in [2.45, 2.75) is 13.3 Å². The summed E-state index contributed by atoms with van der Waals surface area (Å²) in [5.74, 6) is -0.108. The molecule has 0 heterocycles. The molecule has 0 spiro atoms. The Morgan fingerprint density at radius 3 is 2.24 bits per heavy atom. The van der Waals surface area contributed by atoms with E-state index in [4.69, 9.17) is 0 Å². The standard InChI is InChI=1S/C16H16N4O/c1-2-15(21)16(19-17-13-9-5-3-6-10-13)20-18-14-11-7-4-8-12-14/h3-12,17H,2H2,1H3. The predicted molar refractivity (Wildman–Crippen MR) is 83.8 cm³/mol. The predicted octanol–water partition coefficient (Wildman–Crippen LogP) is 4.18. The van der Waals surface area contributed by atoms with Crippen molar-refractivity contribution in [1.29, 1.82) is 0 Å². The van der Waals surface area contributed by atoms with Crippen LogP contribution >= 0.6 is 0 Å². The summed E-state index contributed by atoms with van der Waals surface area (Å²) in [4.78, 5) is 11.8. The highest BCUT2D eigenvalue weighted by Crippen LogP contribution is 2.11. The summed E-state index contributed by atoms with van der Waals surface area (Å²) < 4.78 is 0. The Hall–Kier alpha value is -2.82. The van der Waals surface area contributed by atoms with Gasteiger partial charge in [0, 0.05) is 6.42 Å². The topological polar surface area (TPSA) is 66.2 Å². The SMILES string of the molecule is CCC(=O)C(N=Nc1ccccc1)=NNc1ccccc1. The molecule has 0 aliphatic heterocycles. The molecular formula is C16H16N4O. The van der Waals surface area contributed by atoms with Crippen LogP contribution < -0.4 is 5.43 Å². The number of rotatable bonds is 5. The number of carbonyl (C=O) groups is 1. The van der Waals surface area contributed by atoms with Crippen molar-refractivity contribution in [3.63, 3.8) is 0 Å². The zero-order valence-corrected chi connectivity index (χ0v) is 11.7. The molecule has 0 aliphatic carbocycles. The molecular weight excluding hydrogens is 264 g/mol. The number of hydrogen-bond donors (Lipinski definition) is 1. The van der Waals surface area contributed by atoms with Gasteiger partial charge in [-0.15, -0.1) is 15.3 Å². The molecule has 0 aromatic heterocycles. The highest BCUT2D eigenvalue weighted by molar-refractivity contribution is 6.39. The number of Topliss-reactive ketones (excluding diaryl/α,β-unsaturated/α-hetero) is 1. The van der Waals surface area contributed by atoms with Gasteiger partial charge in [-0.25, -0.2) is 0 Å². The van der Waals surface area contributed by atoms with E-state index in [0.29, 0.717) is 12.1 Å². The lowest BCUT2D eigenvalue weighted by molar-refractivity contribution is -0.112. The van der Waals surface area contributed by atoms with Crippen molar-refractivity contribution < 1.29 is 4.79 Å². The van der Waals surface area contributed by atoms with Crippen LogP contribution in [0.5, 0.6) is 0 Å². The van der Waals surface area contributed by atoms with Crippen molar-refractivity contribution in [1.82, 2.24) is 0 Å². The van der Waals surface area contributed by atoms with E-state index >= 15 is 0 Å². The highest BCUT2D eigenvalue weighted by atomic mass is 16.1. The first-order valence-electron chi connectivity index (χ1n) is 6.68. The Labute approximate surface area is 123 Å². The second-order valence-electron chi connectivity index (χ2n) is 4.23. The van der Waals surface area contributed by atoms with Gasteiger partial charge >= 0.3 is 0 Å². The van der Waals surface area contributed by atoms with Crippen molar-refractivity contribution >= 4 is 23.0 Å². The zero-order valence-electron chi connectivity index (χ0n) is 11.7. The first-order chi connectivity index (χ1) is 10.3. The molecule has 0 saturated heterocycles. The molecule has 0 fully saturated rings. The second kappa shape index (κ2) is 7.69. The van der Waals surface area contributed by atoms with Gasteiger partial charge in [-0.1, -0.05) is 43.3 Å². The van der Waals surface area contributed by atoms with Crippen LogP contribution in [0.15, 0.2) is 76.0 Å². The Kier molecular flexibility index (Phi) is 5.34. The monoisotopic (exact) mass is 280 g/mol. The molecule has 2 aromatic rings. The van der Waals surface area contributed by atoms with Gasteiger partial charge in [-0.3, -0.25) is 10.2 Å². The van der Waals surface area contributed by atoms with Crippen LogP contribution in [-0.2, 0) is 4.79 Å². The summed E-state index contributed by atoms with van der Waals surface area (Å²) >= 11 is 0. The smallest absolute Gasteiger partial charge is 0.236 e. The number of azo groups is 1. The molecule has 0 amide bonds. The average molecular weight is 280 g/mol. The fourth-order valence-electron chi connectivity index (χ4n) is 1.53. The number of ketones is 1. The fraction of sp³-hybridized carbons (Fsp3) is 0.125. The summed E-state index contributed by atoms with van der Waals surface area (Å²) in [6.07, 6.45) is 0.323. The van der Waals surface area contributed by atoms with E-state index in [2.05, 4.69) is 20.8 Å². The van der Waals surface area contributed by atoms with E-state index in [1.54, 1.807) is 6.92 Å². The van der Waals surface area contributed by atoms with Crippen LogP contribution in [0.4, 0.5) is 11.4 Å². The molecule has 0 bridgehead atoms. The Morgan fingerprint density at radius 1 is 1.00 bits per heavy atom. The van der Waals surface area contributed by atoms with E-state index in [-0.39, 0.29) is 11.6 Å². The van der Waals surface area contributed by atoms with Gasteiger partial charge in [-0.2, -0.15) is 0 Å². The fourth-order valence-corrected chi connectivity index (χ4v) is 1.53. The maximum Gasteiger partial charge on any atom is 0.236 e. The third-order valence-electron chi connectivity index (χ3n) is 2.65. The van der Waals surface area contributed by atoms with Gasteiger partial charge in [0.05, 0.1) is 11.4 Å². The molecule has 5 heteroatoms. The largest absolute Gasteiger partial charge is 0.291 e. The number of para-hydroxylation sites is 1. The number of carbonyl (C=O) groups excluding carboxylic acids is 1. The number of nitrogens with one attached hydrogen (secondary N) is 1. The van der Waals surface area contributed by atoms with Crippen molar-refractivity contribution in [3.8, 4) is 0 Å². The van der Waals surface area contributed by atoms with Gasteiger partial charge in [0.2, 0.25) is 11.6 Å². The van der Waals surface area contributed by atoms with E-state index in [9.17, 15) is 4.79 Å². The van der Waals surface area contributed by atoms with Crippen molar-refractivity contribution in [2.75, 3.05) is 5.43 Å². The quantitative estimate of drug-likeness (QED) is 0.386. The molecule has 0 saturated carbocycles. The number of amidine groups is 1. The lowest BCUT2D eigenvalue weighted by atomic mass is 10.3. The van der Waals surface area contributed by atoms with Gasteiger partial charge in [0.15, 0.2) is 0 Å². The van der Waals surface area contributed by atoms with Crippen LogP contribution in [0, 0.1) is 0 Å². The first-order valence-corrected chi connectivity index (χ1v) is 6.68. The first kappa shape index (κ1) is 14.6. The zero-order chi connectivity index (χ0) is 14.9. The summed E-state index contributed by atoms with van der Waals surface area (Å²) in [7, 11) is 0. The lowest BCUT2D eigenvalue weighted by Crippen LogP contribution is -2.11. The molecule has 106 valence electrons. The number of anilines is 1. The van der Waals surface area contributed by atoms with Gasteiger partial charge < -0.3 is 0 Å². The number of nitrogens with zero attached hydrogens (tertiary/aromatic N) is 3. The van der Waals surface area contributed by atoms with Crippen molar-refractivity contribution in [3.05, 3.63) is 60.7 Å².